The van der Waals surface area contributed by atoms with Crippen LogP contribution in [0.5, 0.6) is 0 Å². The molecule has 0 unspecified atom stereocenters. The molecule has 3 heterocycles. The largest absolute Gasteiger partial charge is 0.354 e. The van der Waals surface area contributed by atoms with Gasteiger partial charge in [-0.25, -0.2) is 31.3 Å². The number of hydrogen-bond acceptors (Lipinski definition) is 5. The van der Waals surface area contributed by atoms with Crippen LogP contribution in [-0.4, -0.2) is 34.5 Å². The van der Waals surface area contributed by atoms with Gasteiger partial charge in [-0.3, -0.25) is 4.57 Å². The fraction of sp³-hybridized carbons (Fsp3) is 0.273. The van der Waals surface area contributed by atoms with Crippen molar-refractivity contribution in [1.82, 2.24) is 19.0 Å². The van der Waals surface area contributed by atoms with Crippen molar-refractivity contribution >= 4 is 21.0 Å². The predicted octanol–water partition coefficient (Wildman–Crippen LogP) is 3.45. The number of fused-ring (bicyclic) bond motifs is 2. The second kappa shape index (κ2) is 7.78. The molecule has 184 valence electrons. The fourth-order valence-electron chi connectivity index (χ4n) is 4.27. The molecule has 2 aromatic heterocycles. The van der Waals surface area contributed by atoms with Crippen LogP contribution >= 0.6 is 0 Å². The van der Waals surface area contributed by atoms with Crippen molar-refractivity contribution in [1.29, 1.82) is 0 Å². The number of hydrogen-bond donors (Lipinski definition) is 1. The first-order chi connectivity index (χ1) is 16.4. The van der Waals surface area contributed by atoms with Gasteiger partial charge in [-0.15, -0.1) is 0 Å². The number of nitrogens with zero attached hydrogens (tertiary/aromatic N) is 3. The van der Waals surface area contributed by atoms with Crippen molar-refractivity contribution in [2.45, 2.75) is 32.4 Å². The second-order valence-corrected chi connectivity index (χ2v) is 10.3. The van der Waals surface area contributed by atoms with Crippen LogP contribution in [0.25, 0.3) is 27.9 Å². The van der Waals surface area contributed by atoms with E-state index in [1.807, 2.05) is 4.72 Å². The summed E-state index contributed by atoms with van der Waals surface area (Å²) >= 11 is 0. The summed E-state index contributed by atoms with van der Waals surface area (Å²) in [6, 6.07) is 4.50. The van der Waals surface area contributed by atoms with Crippen molar-refractivity contribution in [2.24, 2.45) is 0 Å². The Labute approximate surface area is 195 Å². The number of benzene rings is 2. The Morgan fingerprint density at radius 3 is 2.54 bits per heavy atom. The van der Waals surface area contributed by atoms with Crippen molar-refractivity contribution in [2.75, 3.05) is 5.75 Å². The molecule has 0 radical (unpaired) electrons. The summed E-state index contributed by atoms with van der Waals surface area (Å²) in [7, 11) is -3.96. The van der Waals surface area contributed by atoms with E-state index < -0.39 is 57.3 Å². The highest BCUT2D eigenvalue weighted by atomic mass is 32.2. The zero-order valence-electron chi connectivity index (χ0n) is 18.4. The molecule has 2 aromatic carbocycles. The fourth-order valence-corrected chi connectivity index (χ4v) is 5.09. The maximum atomic E-state index is 15.1. The van der Waals surface area contributed by atoms with Crippen molar-refractivity contribution in [3.63, 3.8) is 0 Å². The first-order valence-corrected chi connectivity index (χ1v) is 12.1. The van der Waals surface area contributed by atoms with Gasteiger partial charge in [-0.2, -0.15) is 8.78 Å². The highest BCUT2D eigenvalue weighted by molar-refractivity contribution is 7.89. The third-order valence-corrected chi connectivity index (χ3v) is 7.39. The molecule has 0 aliphatic carbocycles. The quantitative estimate of drug-likeness (QED) is 0.415. The molecule has 1 N–H and O–H groups in total. The summed E-state index contributed by atoms with van der Waals surface area (Å²) in [5.41, 5.74) is -1.34. The molecule has 5 rings (SSSR count). The van der Waals surface area contributed by atoms with Gasteiger partial charge in [0.05, 0.1) is 23.2 Å². The topological polar surface area (TPSA) is 99.1 Å². The number of halogens is 4. The third kappa shape index (κ3) is 3.57. The van der Waals surface area contributed by atoms with Crippen molar-refractivity contribution in [3.05, 3.63) is 69.9 Å². The zero-order chi connectivity index (χ0) is 25.3. The van der Waals surface area contributed by atoms with E-state index in [1.54, 1.807) is 6.92 Å². The van der Waals surface area contributed by atoms with Gasteiger partial charge in [0.1, 0.15) is 23.4 Å². The molecule has 0 fully saturated rings. The lowest BCUT2D eigenvalue weighted by atomic mass is 9.98. The first kappa shape index (κ1) is 23.3. The molecule has 1 aliphatic heterocycles. The van der Waals surface area contributed by atoms with Crippen LogP contribution in [0, 0.1) is 18.6 Å². The van der Waals surface area contributed by atoms with E-state index in [2.05, 4.69) is 5.16 Å². The SMILES string of the molecule is CCS(=O)(=O)N[C@@H]1Cn2c(cn(-c3noc4cc(C)cc(-c5c(F)cccc5F)c34)c2=O)C1(F)F. The van der Waals surface area contributed by atoms with Gasteiger partial charge in [0.15, 0.2) is 11.4 Å². The lowest BCUT2D eigenvalue weighted by Gasteiger charge is -2.19. The Morgan fingerprint density at radius 1 is 1.23 bits per heavy atom. The Hall–Kier alpha value is -3.45. The van der Waals surface area contributed by atoms with Gasteiger partial charge < -0.3 is 4.52 Å². The second-order valence-electron chi connectivity index (χ2n) is 8.26. The third-order valence-electron chi connectivity index (χ3n) is 5.99. The first-order valence-electron chi connectivity index (χ1n) is 10.5. The molecule has 0 spiro atoms. The number of imidazole rings is 1. The van der Waals surface area contributed by atoms with E-state index >= 15 is 8.78 Å². The molecule has 8 nitrogen and oxygen atoms in total. The summed E-state index contributed by atoms with van der Waals surface area (Å²) in [5, 5.41) is 3.89. The molecular formula is C22H18F4N4O4S. The molecule has 35 heavy (non-hydrogen) atoms. The van der Waals surface area contributed by atoms with Crippen molar-refractivity contribution < 1.29 is 30.5 Å². The number of aryl methyl sites for hydroxylation is 1. The predicted molar refractivity (Wildman–Crippen MR) is 118 cm³/mol. The number of rotatable bonds is 5. The standard InChI is InChI=1S/C22H18F4N4O4S/c1-3-35(32,33)28-16-9-29-17(22(16,25)26)10-30(21(29)31)20-19-12(7-11(2)8-15(19)34-27-20)18-13(23)5-4-6-14(18)24/h4-8,10,16,28H,3,9H2,1-2H3/t16-/m1/s1. The summed E-state index contributed by atoms with van der Waals surface area (Å²) in [5.74, 6) is -6.07. The summed E-state index contributed by atoms with van der Waals surface area (Å²) in [6.45, 7) is 2.36. The number of alkyl halides is 2. The molecule has 0 amide bonds. The highest BCUT2D eigenvalue weighted by Gasteiger charge is 2.52. The van der Waals surface area contributed by atoms with Gasteiger partial charge in [0.25, 0.3) is 0 Å². The zero-order valence-corrected chi connectivity index (χ0v) is 19.2. The van der Waals surface area contributed by atoms with E-state index in [-0.39, 0.29) is 27.9 Å². The lowest BCUT2D eigenvalue weighted by Crippen LogP contribution is -2.45. The van der Waals surface area contributed by atoms with Gasteiger partial charge in [0, 0.05) is 11.8 Å². The normalized spacial score (nSPS) is 17.3. The molecule has 0 bridgehead atoms. The lowest BCUT2D eigenvalue weighted by molar-refractivity contribution is -0.0248. The summed E-state index contributed by atoms with van der Waals surface area (Å²) in [4.78, 5) is 13.1. The van der Waals surface area contributed by atoms with Gasteiger partial charge in [-0.05, 0) is 37.6 Å². The van der Waals surface area contributed by atoms with Crippen LogP contribution in [0.4, 0.5) is 17.6 Å². The van der Waals surface area contributed by atoms with Crippen LogP contribution in [0.1, 0.15) is 18.2 Å². The number of nitrogens with one attached hydrogen (secondary N) is 1. The van der Waals surface area contributed by atoms with E-state index in [4.69, 9.17) is 4.52 Å². The van der Waals surface area contributed by atoms with Crippen LogP contribution in [0.3, 0.4) is 0 Å². The van der Waals surface area contributed by atoms with Crippen LogP contribution < -0.4 is 10.4 Å². The molecule has 1 atom stereocenters. The molecular weight excluding hydrogens is 492 g/mol. The average Bonchev–Trinajstić information content (AvgIpc) is 3.40. The van der Waals surface area contributed by atoms with Crippen molar-refractivity contribution in [3.8, 4) is 16.9 Å². The molecule has 0 saturated heterocycles. The van der Waals surface area contributed by atoms with Gasteiger partial charge >= 0.3 is 11.6 Å². The monoisotopic (exact) mass is 510 g/mol. The van der Waals surface area contributed by atoms with Crippen LogP contribution in [0.15, 0.2) is 45.8 Å². The van der Waals surface area contributed by atoms with Crippen LogP contribution in [0.2, 0.25) is 0 Å². The molecule has 0 saturated carbocycles. The van der Waals surface area contributed by atoms with E-state index in [0.29, 0.717) is 5.56 Å². The Kier molecular flexibility index (Phi) is 5.18. The van der Waals surface area contributed by atoms with E-state index in [0.717, 1.165) is 27.5 Å². The summed E-state index contributed by atoms with van der Waals surface area (Å²) < 4.78 is 91.9. The van der Waals surface area contributed by atoms with Gasteiger partial charge in [-0.1, -0.05) is 17.3 Å². The minimum Gasteiger partial charge on any atom is -0.354 e. The van der Waals surface area contributed by atoms with E-state index in [1.165, 1.54) is 25.1 Å². The van der Waals surface area contributed by atoms with E-state index in [9.17, 15) is 22.0 Å². The molecule has 1 aliphatic rings. The van der Waals surface area contributed by atoms with Gasteiger partial charge in [0.2, 0.25) is 10.0 Å². The minimum absolute atomic E-state index is 0.0328. The Morgan fingerprint density at radius 2 is 1.91 bits per heavy atom. The summed E-state index contributed by atoms with van der Waals surface area (Å²) in [6.07, 6.45) is 0.835. The number of aromatic nitrogens is 3. The molecule has 13 heteroatoms. The smallest absolute Gasteiger partial charge is 0.334 e. The van der Waals surface area contributed by atoms with Crippen LogP contribution in [-0.2, 0) is 22.5 Å². The number of sulfonamides is 1. The Balaban J connectivity index is 1.69. The maximum absolute atomic E-state index is 15.1. The maximum Gasteiger partial charge on any atom is 0.334 e. The highest BCUT2D eigenvalue weighted by Crippen LogP contribution is 2.40. The molecule has 4 aromatic rings. The Bertz CT molecular complexity index is 1640. The average molecular weight is 510 g/mol. The minimum atomic E-state index is -3.96.